The van der Waals surface area contributed by atoms with Crippen LogP contribution in [0.3, 0.4) is 0 Å². The molecule has 0 unspecified atom stereocenters. The van der Waals surface area contributed by atoms with E-state index in [1.54, 1.807) is 13.0 Å². The minimum atomic E-state index is -4.36. The first-order valence-corrected chi connectivity index (χ1v) is 5.55. The third kappa shape index (κ3) is 2.39. The quantitative estimate of drug-likeness (QED) is 0.802. The Hall–Kier alpha value is -1.78. The van der Waals surface area contributed by atoms with Gasteiger partial charge in [0, 0.05) is 5.56 Å². The van der Waals surface area contributed by atoms with Crippen molar-refractivity contribution in [3.63, 3.8) is 0 Å². The highest BCUT2D eigenvalue weighted by atomic mass is 19.4. The van der Waals surface area contributed by atoms with Crippen LogP contribution in [-0.2, 0) is 12.6 Å². The molecule has 0 aliphatic rings. The van der Waals surface area contributed by atoms with E-state index >= 15 is 0 Å². The number of hydrogen-bond donors (Lipinski definition) is 0. The maximum Gasteiger partial charge on any atom is 0.416 e. The summed E-state index contributed by atoms with van der Waals surface area (Å²) in [4.78, 5) is 4.19. The molecule has 0 atom stereocenters. The molecule has 2 aromatic rings. The molecule has 0 N–H and O–H groups in total. The number of halogens is 3. The van der Waals surface area contributed by atoms with Crippen LogP contribution in [0.25, 0.3) is 11.5 Å². The molecule has 18 heavy (non-hydrogen) atoms. The minimum Gasteiger partial charge on any atom is -0.441 e. The molecule has 2 rings (SSSR count). The number of nitrogens with zero attached hydrogens (tertiary/aromatic N) is 1. The Labute approximate surface area is 102 Å². The molecule has 0 saturated carbocycles. The summed E-state index contributed by atoms with van der Waals surface area (Å²) < 4.78 is 43.1. The van der Waals surface area contributed by atoms with Crippen LogP contribution >= 0.6 is 0 Å². The maximum atomic E-state index is 12.6. The molecule has 2 nitrogen and oxygen atoms in total. The molecule has 0 spiro atoms. The van der Waals surface area contributed by atoms with Gasteiger partial charge >= 0.3 is 6.18 Å². The van der Waals surface area contributed by atoms with Gasteiger partial charge in [-0.15, -0.1) is 0 Å². The summed E-state index contributed by atoms with van der Waals surface area (Å²) in [7, 11) is 0. The lowest BCUT2D eigenvalue weighted by molar-refractivity contribution is -0.137. The average molecular weight is 255 g/mol. The standard InChI is InChI=1S/C13H12F3NO/c1-3-11-8(2)18-12(17-11)9-5-4-6-10(7-9)13(14,15)16/h4-7H,3H2,1-2H3. The molecule has 0 aliphatic heterocycles. The largest absolute Gasteiger partial charge is 0.441 e. The van der Waals surface area contributed by atoms with Crippen LogP contribution in [0.4, 0.5) is 13.2 Å². The van der Waals surface area contributed by atoms with E-state index in [0.29, 0.717) is 17.7 Å². The summed E-state index contributed by atoms with van der Waals surface area (Å²) in [5.41, 5.74) is 0.406. The third-order valence-electron chi connectivity index (χ3n) is 2.66. The van der Waals surface area contributed by atoms with Gasteiger partial charge in [0.2, 0.25) is 5.89 Å². The van der Waals surface area contributed by atoms with Crippen LogP contribution in [0.1, 0.15) is 23.9 Å². The second-order valence-electron chi connectivity index (χ2n) is 3.95. The zero-order chi connectivity index (χ0) is 13.3. The summed E-state index contributed by atoms with van der Waals surface area (Å²) >= 11 is 0. The summed E-state index contributed by atoms with van der Waals surface area (Å²) in [6.45, 7) is 3.67. The van der Waals surface area contributed by atoms with Crippen LogP contribution < -0.4 is 0 Å². The van der Waals surface area contributed by atoms with E-state index in [2.05, 4.69) is 4.98 Å². The first kappa shape index (κ1) is 12.7. The number of hydrogen-bond acceptors (Lipinski definition) is 2. The van der Waals surface area contributed by atoms with Crippen molar-refractivity contribution in [1.29, 1.82) is 0 Å². The lowest BCUT2D eigenvalue weighted by atomic mass is 10.1. The Bertz CT molecular complexity index is 558. The Morgan fingerprint density at radius 2 is 2.00 bits per heavy atom. The summed E-state index contributed by atoms with van der Waals surface area (Å²) in [6, 6.07) is 4.98. The highest BCUT2D eigenvalue weighted by Crippen LogP contribution is 2.32. The van der Waals surface area contributed by atoms with Gasteiger partial charge in [-0.3, -0.25) is 0 Å². The monoisotopic (exact) mass is 255 g/mol. The molecule has 0 amide bonds. The van der Waals surface area contributed by atoms with Crippen molar-refractivity contribution in [3.8, 4) is 11.5 Å². The van der Waals surface area contributed by atoms with E-state index < -0.39 is 11.7 Å². The first-order valence-electron chi connectivity index (χ1n) is 5.55. The Morgan fingerprint density at radius 1 is 1.28 bits per heavy atom. The van der Waals surface area contributed by atoms with Gasteiger partial charge in [-0.2, -0.15) is 13.2 Å². The minimum absolute atomic E-state index is 0.232. The van der Waals surface area contributed by atoms with Crippen molar-refractivity contribution >= 4 is 0 Å². The molecule has 0 bridgehead atoms. The van der Waals surface area contributed by atoms with Gasteiger partial charge in [-0.1, -0.05) is 13.0 Å². The number of benzene rings is 1. The van der Waals surface area contributed by atoms with Crippen LogP contribution in [-0.4, -0.2) is 4.98 Å². The average Bonchev–Trinajstić information content (AvgIpc) is 2.70. The highest BCUT2D eigenvalue weighted by molar-refractivity contribution is 5.55. The fraction of sp³-hybridized carbons (Fsp3) is 0.308. The Kier molecular flexibility index (Phi) is 3.15. The van der Waals surface area contributed by atoms with E-state index in [9.17, 15) is 13.2 Å². The topological polar surface area (TPSA) is 26.0 Å². The van der Waals surface area contributed by atoms with Crippen LogP contribution in [0.2, 0.25) is 0 Å². The van der Waals surface area contributed by atoms with Gasteiger partial charge in [-0.25, -0.2) is 4.98 Å². The van der Waals surface area contributed by atoms with Crippen molar-refractivity contribution in [1.82, 2.24) is 4.98 Å². The summed E-state index contributed by atoms with van der Waals surface area (Å²) in [6.07, 6.45) is -3.67. The van der Waals surface area contributed by atoms with E-state index in [0.717, 1.165) is 17.8 Å². The van der Waals surface area contributed by atoms with Crippen molar-refractivity contribution in [2.24, 2.45) is 0 Å². The third-order valence-corrected chi connectivity index (χ3v) is 2.66. The fourth-order valence-corrected chi connectivity index (χ4v) is 1.71. The van der Waals surface area contributed by atoms with Crippen molar-refractivity contribution < 1.29 is 17.6 Å². The summed E-state index contributed by atoms with van der Waals surface area (Å²) in [5.74, 6) is 0.875. The summed E-state index contributed by atoms with van der Waals surface area (Å²) in [5, 5.41) is 0. The van der Waals surface area contributed by atoms with E-state index in [1.807, 2.05) is 6.92 Å². The zero-order valence-corrected chi connectivity index (χ0v) is 10.0. The van der Waals surface area contributed by atoms with Gasteiger partial charge < -0.3 is 4.42 Å². The Balaban J connectivity index is 2.44. The second-order valence-corrected chi connectivity index (χ2v) is 3.95. The lowest BCUT2D eigenvalue weighted by Gasteiger charge is -2.06. The fourth-order valence-electron chi connectivity index (χ4n) is 1.71. The van der Waals surface area contributed by atoms with E-state index in [4.69, 9.17) is 4.42 Å². The number of aromatic nitrogens is 1. The predicted octanol–water partition coefficient (Wildman–Crippen LogP) is 4.23. The molecule has 5 heteroatoms. The SMILES string of the molecule is CCc1nc(-c2cccc(C(F)(F)F)c2)oc1C. The van der Waals surface area contributed by atoms with E-state index in [-0.39, 0.29) is 5.89 Å². The normalized spacial score (nSPS) is 11.8. The Morgan fingerprint density at radius 3 is 2.56 bits per heavy atom. The lowest BCUT2D eigenvalue weighted by Crippen LogP contribution is -2.04. The van der Waals surface area contributed by atoms with Gasteiger partial charge in [-0.05, 0) is 31.5 Å². The number of aryl methyl sites for hydroxylation is 2. The van der Waals surface area contributed by atoms with Gasteiger partial charge in [0.25, 0.3) is 0 Å². The van der Waals surface area contributed by atoms with Crippen LogP contribution in [0.5, 0.6) is 0 Å². The van der Waals surface area contributed by atoms with Crippen molar-refractivity contribution in [2.45, 2.75) is 26.4 Å². The number of oxazole rings is 1. The smallest absolute Gasteiger partial charge is 0.416 e. The molecule has 0 radical (unpaired) electrons. The molecule has 1 aromatic heterocycles. The predicted molar refractivity (Wildman–Crippen MR) is 61.1 cm³/mol. The molecule has 0 saturated heterocycles. The molecule has 0 fully saturated rings. The molecular formula is C13H12F3NO. The van der Waals surface area contributed by atoms with Gasteiger partial charge in [0.15, 0.2) is 0 Å². The van der Waals surface area contributed by atoms with Gasteiger partial charge in [0.1, 0.15) is 5.76 Å². The molecular weight excluding hydrogens is 243 g/mol. The molecule has 0 aliphatic carbocycles. The van der Waals surface area contributed by atoms with Crippen LogP contribution in [0, 0.1) is 6.92 Å². The van der Waals surface area contributed by atoms with Crippen LogP contribution in [0.15, 0.2) is 28.7 Å². The number of rotatable bonds is 2. The number of alkyl halides is 3. The van der Waals surface area contributed by atoms with Gasteiger partial charge in [0.05, 0.1) is 11.3 Å². The second kappa shape index (κ2) is 4.48. The molecule has 1 heterocycles. The highest BCUT2D eigenvalue weighted by Gasteiger charge is 2.30. The maximum absolute atomic E-state index is 12.6. The van der Waals surface area contributed by atoms with Crippen molar-refractivity contribution in [2.75, 3.05) is 0 Å². The van der Waals surface area contributed by atoms with E-state index in [1.165, 1.54) is 6.07 Å². The zero-order valence-electron chi connectivity index (χ0n) is 10.0. The van der Waals surface area contributed by atoms with Crippen molar-refractivity contribution in [3.05, 3.63) is 41.3 Å². The first-order chi connectivity index (χ1) is 8.41. The molecule has 1 aromatic carbocycles. The molecule has 96 valence electrons.